The van der Waals surface area contributed by atoms with Gasteiger partial charge in [-0.05, 0) is 81.6 Å². The van der Waals surface area contributed by atoms with E-state index in [2.05, 4.69) is 163 Å². The van der Waals surface area contributed by atoms with Crippen LogP contribution >= 0.6 is 0 Å². The van der Waals surface area contributed by atoms with E-state index in [1.165, 1.54) is 10.9 Å². The van der Waals surface area contributed by atoms with Crippen LogP contribution in [0, 0.1) is 0 Å². The SMILES string of the molecule is c1ccc(N2c3ccccc3Oc3c2ccc2c3-c3ccccc3C23c2cccnc2-c2ncc(-c4nc(-c5cccc6ccccc56)c5ccccc5n4)cc23)cc1. The minimum atomic E-state index is -0.726. The molecule has 274 valence electrons. The van der Waals surface area contributed by atoms with Crippen molar-refractivity contribution in [3.63, 3.8) is 0 Å². The number of anilines is 3. The molecule has 1 aliphatic heterocycles. The van der Waals surface area contributed by atoms with E-state index in [1.807, 2.05) is 30.6 Å². The van der Waals surface area contributed by atoms with Gasteiger partial charge in [-0.3, -0.25) is 9.97 Å². The quantitative estimate of drug-likeness (QED) is 0.179. The molecule has 0 amide bonds. The Kier molecular flexibility index (Phi) is 6.55. The summed E-state index contributed by atoms with van der Waals surface area (Å²) in [6, 6.07) is 61.8. The summed E-state index contributed by atoms with van der Waals surface area (Å²) in [6.07, 6.45) is 3.78. The first-order valence-electron chi connectivity index (χ1n) is 19.9. The van der Waals surface area contributed by atoms with Crippen molar-refractivity contribution >= 4 is 38.7 Å². The van der Waals surface area contributed by atoms with Crippen LogP contribution in [0.25, 0.3) is 66.8 Å². The van der Waals surface area contributed by atoms with Gasteiger partial charge in [-0.1, -0.05) is 127 Å². The molecule has 10 aromatic rings. The van der Waals surface area contributed by atoms with Crippen LogP contribution < -0.4 is 9.64 Å². The fourth-order valence-electron chi connectivity index (χ4n) is 9.95. The number of benzene rings is 7. The van der Waals surface area contributed by atoms with Gasteiger partial charge < -0.3 is 9.64 Å². The van der Waals surface area contributed by atoms with Gasteiger partial charge in [0, 0.05) is 45.7 Å². The Hall–Kier alpha value is -7.96. The second kappa shape index (κ2) is 12.0. The number of rotatable bonds is 3. The van der Waals surface area contributed by atoms with Crippen LogP contribution in [0.4, 0.5) is 17.1 Å². The van der Waals surface area contributed by atoms with Gasteiger partial charge in [-0.25, -0.2) is 9.97 Å². The number of para-hydroxylation sites is 4. The fraction of sp³-hybridized carbons (Fsp3) is 0.0189. The average Bonchev–Trinajstić information content (AvgIpc) is 3.78. The minimum Gasteiger partial charge on any atom is -0.452 e. The predicted octanol–water partition coefficient (Wildman–Crippen LogP) is 12.8. The van der Waals surface area contributed by atoms with E-state index in [0.29, 0.717) is 5.82 Å². The highest BCUT2D eigenvalue weighted by Crippen LogP contribution is 2.66. The third kappa shape index (κ3) is 4.34. The summed E-state index contributed by atoms with van der Waals surface area (Å²) in [4.78, 5) is 23.2. The first-order chi connectivity index (χ1) is 29.3. The molecule has 0 radical (unpaired) electrons. The van der Waals surface area contributed by atoms with E-state index in [0.717, 1.165) is 101 Å². The Bertz CT molecular complexity index is 3390. The van der Waals surface area contributed by atoms with Gasteiger partial charge in [0.25, 0.3) is 0 Å². The molecular formula is C53H31N5O. The molecule has 6 nitrogen and oxygen atoms in total. The van der Waals surface area contributed by atoms with Gasteiger partial charge in [-0.15, -0.1) is 0 Å². The van der Waals surface area contributed by atoms with Gasteiger partial charge in [-0.2, -0.15) is 0 Å². The van der Waals surface area contributed by atoms with Crippen molar-refractivity contribution in [1.82, 2.24) is 19.9 Å². The summed E-state index contributed by atoms with van der Waals surface area (Å²) in [5, 5.41) is 3.32. The number of nitrogens with zero attached hydrogens (tertiary/aromatic N) is 5. The molecule has 0 N–H and O–H groups in total. The van der Waals surface area contributed by atoms with E-state index in [4.69, 9.17) is 24.7 Å². The van der Waals surface area contributed by atoms with Gasteiger partial charge in [0.15, 0.2) is 17.3 Å². The zero-order valence-electron chi connectivity index (χ0n) is 31.5. The molecule has 2 aliphatic carbocycles. The van der Waals surface area contributed by atoms with Crippen LogP contribution in [0.5, 0.6) is 11.5 Å². The maximum atomic E-state index is 7.03. The van der Waals surface area contributed by atoms with Crippen molar-refractivity contribution in [2.45, 2.75) is 5.41 Å². The van der Waals surface area contributed by atoms with E-state index < -0.39 is 5.41 Å². The van der Waals surface area contributed by atoms with Crippen molar-refractivity contribution in [2.24, 2.45) is 0 Å². The second-order valence-electron chi connectivity index (χ2n) is 15.3. The first kappa shape index (κ1) is 32.2. The number of hydrogen-bond acceptors (Lipinski definition) is 6. The normalized spacial score (nSPS) is 15.3. The highest BCUT2D eigenvalue weighted by Gasteiger charge is 2.54. The van der Waals surface area contributed by atoms with Crippen molar-refractivity contribution < 1.29 is 4.74 Å². The molecular weight excluding hydrogens is 723 g/mol. The Labute approximate surface area is 339 Å². The molecule has 3 aliphatic rings. The molecule has 59 heavy (non-hydrogen) atoms. The Morgan fingerprint density at radius 2 is 1.24 bits per heavy atom. The smallest absolute Gasteiger partial charge is 0.161 e. The van der Waals surface area contributed by atoms with Crippen LogP contribution in [0.3, 0.4) is 0 Å². The maximum Gasteiger partial charge on any atom is 0.161 e. The standard InChI is InChI=1S/C53H31N5O/c1-2-16-34(17-3-1)58-44-25-10-11-26-46(44)59-51-45(58)28-27-40-47(51)37-19-6-8-22-39(37)53(40)41-23-13-29-54-49(41)50-42(53)30-33(31-55-50)52-56-43-24-9-7-20-38(43)48(57-52)36-21-12-15-32-14-4-5-18-35(32)36/h1-31H. The summed E-state index contributed by atoms with van der Waals surface area (Å²) in [5.74, 6) is 2.26. The minimum absolute atomic E-state index is 0.622. The van der Waals surface area contributed by atoms with Gasteiger partial charge in [0.1, 0.15) is 0 Å². The zero-order valence-corrected chi connectivity index (χ0v) is 31.5. The van der Waals surface area contributed by atoms with Crippen molar-refractivity contribution in [2.75, 3.05) is 4.90 Å². The van der Waals surface area contributed by atoms with Crippen LogP contribution in [0.2, 0.25) is 0 Å². The lowest BCUT2D eigenvalue weighted by atomic mass is 9.71. The molecule has 1 spiro atoms. The predicted molar refractivity (Wildman–Crippen MR) is 235 cm³/mol. The number of ether oxygens (including phenoxy) is 1. The number of pyridine rings is 2. The number of aromatic nitrogens is 4. The largest absolute Gasteiger partial charge is 0.452 e. The molecule has 0 saturated carbocycles. The lowest BCUT2D eigenvalue weighted by Gasteiger charge is -2.35. The molecule has 0 saturated heterocycles. The topological polar surface area (TPSA) is 64.0 Å². The van der Waals surface area contributed by atoms with E-state index in [-0.39, 0.29) is 0 Å². The van der Waals surface area contributed by atoms with Gasteiger partial charge in [0.05, 0.1) is 39.4 Å². The molecule has 1 unspecified atom stereocenters. The van der Waals surface area contributed by atoms with E-state index in [9.17, 15) is 0 Å². The number of hydrogen-bond donors (Lipinski definition) is 0. The molecule has 0 fully saturated rings. The summed E-state index contributed by atoms with van der Waals surface area (Å²) < 4.78 is 7.03. The van der Waals surface area contributed by atoms with Gasteiger partial charge in [0.2, 0.25) is 0 Å². The molecule has 4 heterocycles. The Balaban J connectivity index is 1.07. The van der Waals surface area contributed by atoms with Crippen LogP contribution in [0.15, 0.2) is 188 Å². The van der Waals surface area contributed by atoms with E-state index >= 15 is 0 Å². The molecule has 13 rings (SSSR count). The van der Waals surface area contributed by atoms with Crippen LogP contribution in [0.1, 0.15) is 22.3 Å². The molecule has 6 heteroatoms. The van der Waals surface area contributed by atoms with E-state index in [1.54, 1.807) is 0 Å². The summed E-state index contributed by atoms with van der Waals surface area (Å²) in [5.41, 5.74) is 14.4. The highest BCUT2D eigenvalue weighted by atomic mass is 16.5. The van der Waals surface area contributed by atoms with Crippen LogP contribution in [-0.2, 0) is 5.41 Å². The van der Waals surface area contributed by atoms with Crippen LogP contribution in [-0.4, -0.2) is 19.9 Å². The highest BCUT2D eigenvalue weighted by molar-refractivity contribution is 6.04. The Morgan fingerprint density at radius 1 is 0.492 bits per heavy atom. The van der Waals surface area contributed by atoms with Crippen molar-refractivity contribution in [1.29, 1.82) is 0 Å². The molecule has 1 atom stereocenters. The summed E-state index contributed by atoms with van der Waals surface area (Å²) >= 11 is 0. The first-order valence-corrected chi connectivity index (χ1v) is 19.9. The lowest BCUT2D eigenvalue weighted by molar-refractivity contribution is 0.478. The molecule has 0 bridgehead atoms. The van der Waals surface area contributed by atoms with Crippen molar-refractivity contribution in [3.05, 3.63) is 211 Å². The Morgan fingerprint density at radius 3 is 2.19 bits per heavy atom. The fourth-order valence-corrected chi connectivity index (χ4v) is 9.95. The second-order valence-corrected chi connectivity index (χ2v) is 15.3. The summed E-state index contributed by atoms with van der Waals surface area (Å²) in [7, 11) is 0. The average molecular weight is 754 g/mol. The number of fused-ring (bicyclic) bond motifs is 15. The summed E-state index contributed by atoms with van der Waals surface area (Å²) in [6.45, 7) is 0. The lowest BCUT2D eigenvalue weighted by Crippen LogP contribution is -2.26. The molecule has 3 aromatic heterocycles. The van der Waals surface area contributed by atoms with Gasteiger partial charge >= 0.3 is 0 Å². The monoisotopic (exact) mass is 753 g/mol. The molecule has 7 aromatic carbocycles. The zero-order chi connectivity index (χ0) is 38.7. The third-order valence-electron chi connectivity index (χ3n) is 12.3. The maximum absolute atomic E-state index is 7.03. The van der Waals surface area contributed by atoms with Crippen molar-refractivity contribution in [3.8, 4) is 56.7 Å². The third-order valence-corrected chi connectivity index (χ3v) is 12.3.